The molecule has 2 aromatic rings. The number of Topliss-reactive ketones (excluding diaryl/α,β-unsaturated/α-hetero) is 1. The molecule has 5 atom stereocenters. The van der Waals surface area contributed by atoms with Gasteiger partial charge in [0.15, 0.2) is 0 Å². The number of ether oxygens (including phenoxy) is 2. The Bertz CT molecular complexity index is 1540. The van der Waals surface area contributed by atoms with Gasteiger partial charge in [-0.1, -0.05) is 18.2 Å². The van der Waals surface area contributed by atoms with Gasteiger partial charge in [0.2, 0.25) is 0 Å². The first-order valence-corrected chi connectivity index (χ1v) is 16.5. The lowest BCUT2D eigenvalue weighted by atomic mass is 10.2. The number of nitrogens with one attached hydrogen (secondary N) is 1. The number of hydrogen-bond donors (Lipinski definition) is 5. The highest BCUT2D eigenvalue weighted by Crippen LogP contribution is 2.67. The predicted octanol–water partition coefficient (Wildman–Crippen LogP) is 1.41. The summed E-state index contributed by atoms with van der Waals surface area (Å²) in [5.74, 6) is -1.81. The number of hydrogen-bond acceptors (Lipinski definition) is 13. The fourth-order valence-corrected chi connectivity index (χ4v) is 6.83. The number of aromatic nitrogens is 2. The Hall–Kier alpha value is -2.92. The van der Waals surface area contributed by atoms with Crippen molar-refractivity contribution in [2.45, 2.75) is 44.6 Å². The molecule has 1 amide bonds. The number of phosphoric ester groups is 1. The van der Waals surface area contributed by atoms with Crippen molar-refractivity contribution in [1.82, 2.24) is 9.55 Å². The van der Waals surface area contributed by atoms with Gasteiger partial charge >= 0.3 is 35.1 Å². The third-order valence-corrected chi connectivity index (χ3v) is 9.24. The number of nitrogens with zero attached hydrogens (tertiary/aromatic N) is 2. The number of esters is 1. The Labute approximate surface area is 242 Å². The van der Waals surface area contributed by atoms with Crippen LogP contribution in [0.15, 0.2) is 47.4 Å². The van der Waals surface area contributed by atoms with Gasteiger partial charge in [0.05, 0.1) is 6.42 Å². The largest absolute Gasteiger partial charge is 0.490 e. The zero-order chi connectivity index (χ0) is 32.0. The monoisotopic (exact) mass is 669 g/mol. The van der Waals surface area contributed by atoms with Crippen LogP contribution in [0.1, 0.15) is 42.8 Å². The molecule has 1 aromatic carbocycles. The summed E-state index contributed by atoms with van der Waals surface area (Å²) in [5.41, 5.74) is -0.658. The van der Waals surface area contributed by atoms with Gasteiger partial charge in [-0.25, -0.2) is 18.5 Å². The van der Waals surface area contributed by atoms with E-state index < -0.39 is 72.5 Å². The van der Waals surface area contributed by atoms with Gasteiger partial charge in [-0.05, 0) is 25.1 Å². The lowest BCUT2D eigenvalue weighted by molar-refractivity contribution is -0.150. The summed E-state index contributed by atoms with van der Waals surface area (Å²) in [6.45, 7) is 0.599. The second-order valence-corrected chi connectivity index (χ2v) is 13.2. The molecular formula is C21H26N3O16P3. The van der Waals surface area contributed by atoms with Crippen LogP contribution in [0.3, 0.4) is 0 Å². The third kappa shape index (κ3) is 11.3. The third-order valence-electron chi connectivity index (χ3n) is 5.37. The molecule has 0 bridgehead atoms. The molecule has 0 saturated carbocycles. The molecule has 5 N–H and O–H groups in total. The molecule has 1 aliphatic rings. The summed E-state index contributed by atoms with van der Waals surface area (Å²) in [4.78, 5) is 88.8. The molecule has 1 fully saturated rings. The minimum atomic E-state index is -5.84. The Kier molecular flexibility index (Phi) is 11.4. The fraction of sp³-hybridized carbons (Fsp3) is 0.381. The zero-order valence-corrected chi connectivity index (χ0v) is 24.7. The number of rotatable bonds is 14. The van der Waals surface area contributed by atoms with E-state index in [4.69, 9.17) is 23.8 Å². The van der Waals surface area contributed by atoms with E-state index in [2.05, 4.69) is 18.9 Å². The molecule has 22 heteroatoms. The van der Waals surface area contributed by atoms with Crippen molar-refractivity contribution >= 4 is 46.9 Å². The van der Waals surface area contributed by atoms with E-state index >= 15 is 0 Å². The van der Waals surface area contributed by atoms with Crippen LogP contribution in [-0.2, 0) is 45.9 Å². The second kappa shape index (κ2) is 14.2. The molecule has 0 spiro atoms. The van der Waals surface area contributed by atoms with Crippen LogP contribution >= 0.6 is 23.5 Å². The molecule has 19 nitrogen and oxygen atoms in total. The van der Waals surface area contributed by atoms with Gasteiger partial charge in [0.1, 0.15) is 36.6 Å². The Morgan fingerprint density at radius 2 is 1.70 bits per heavy atom. The molecule has 1 aromatic heterocycles. The Balaban J connectivity index is 1.77. The SMILES string of the molecule is CC(=O)CCC(=O)OC[C@H]1O[C@@H](n2ccc(NC(=O)c3ccccc3)nc2=O)C[C@@H]1OP(=O)(O)OP(=O)(O)OP(=O)(O)O. The Morgan fingerprint density at radius 3 is 2.30 bits per heavy atom. The van der Waals surface area contributed by atoms with Crippen molar-refractivity contribution in [3.63, 3.8) is 0 Å². The van der Waals surface area contributed by atoms with Crippen molar-refractivity contribution in [3.05, 3.63) is 58.6 Å². The van der Waals surface area contributed by atoms with Gasteiger partial charge < -0.3 is 39.2 Å². The molecule has 3 rings (SSSR count). The molecule has 1 saturated heterocycles. The van der Waals surface area contributed by atoms with E-state index in [1.54, 1.807) is 18.2 Å². The first kappa shape index (κ1) is 34.6. The topological polar surface area (TPSA) is 276 Å². The number of phosphoric acid groups is 3. The quantitative estimate of drug-likeness (QED) is 0.140. The summed E-state index contributed by atoms with van der Waals surface area (Å²) < 4.78 is 58.9. The number of anilines is 1. The number of amides is 1. The van der Waals surface area contributed by atoms with Crippen LogP contribution in [0.5, 0.6) is 0 Å². The minimum absolute atomic E-state index is 0.117. The van der Waals surface area contributed by atoms with Crippen molar-refractivity contribution in [1.29, 1.82) is 0 Å². The highest BCUT2D eigenvalue weighted by molar-refractivity contribution is 7.66. The molecule has 2 unspecified atom stereocenters. The molecule has 43 heavy (non-hydrogen) atoms. The van der Waals surface area contributed by atoms with Gasteiger partial charge in [0, 0.05) is 24.6 Å². The van der Waals surface area contributed by atoms with Gasteiger partial charge in [-0.3, -0.25) is 18.7 Å². The van der Waals surface area contributed by atoms with E-state index in [1.807, 2.05) is 0 Å². The van der Waals surface area contributed by atoms with Crippen molar-refractivity contribution in [3.8, 4) is 0 Å². The molecular weight excluding hydrogens is 643 g/mol. The summed E-state index contributed by atoms with van der Waals surface area (Å²) in [7, 11) is -17.1. The second-order valence-electron chi connectivity index (χ2n) is 8.81. The number of carbonyl (C=O) groups is 3. The number of benzene rings is 1. The Morgan fingerprint density at radius 1 is 1.02 bits per heavy atom. The number of carbonyl (C=O) groups excluding carboxylic acids is 3. The van der Waals surface area contributed by atoms with Gasteiger partial charge in [0.25, 0.3) is 5.91 Å². The van der Waals surface area contributed by atoms with E-state index in [0.717, 1.165) is 4.57 Å². The lowest BCUT2D eigenvalue weighted by Gasteiger charge is -2.22. The lowest BCUT2D eigenvalue weighted by Crippen LogP contribution is -2.30. The normalized spacial score (nSPS) is 21.4. The smallest absolute Gasteiger partial charge is 0.463 e. The molecule has 0 aliphatic carbocycles. The zero-order valence-electron chi connectivity index (χ0n) is 22.0. The average Bonchev–Trinajstić information content (AvgIpc) is 3.25. The van der Waals surface area contributed by atoms with Crippen LogP contribution in [0, 0.1) is 0 Å². The summed E-state index contributed by atoms with van der Waals surface area (Å²) in [6, 6.07) is 9.29. The molecule has 0 radical (unpaired) electrons. The maximum absolute atomic E-state index is 12.8. The van der Waals surface area contributed by atoms with E-state index in [-0.39, 0.29) is 24.4 Å². The molecule has 1 aliphatic heterocycles. The number of ketones is 1. The van der Waals surface area contributed by atoms with Crippen LogP contribution in [-0.4, -0.2) is 65.6 Å². The van der Waals surface area contributed by atoms with Crippen LogP contribution in [0.25, 0.3) is 0 Å². The maximum Gasteiger partial charge on any atom is 0.490 e. The summed E-state index contributed by atoms with van der Waals surface area (Å²) in [5, 5.41) is 2.44. The predicted molar refractivity (Wildman–Crippen MR) is 141 cm³/mol. The van der Waals surface area contributed by atoms with Crippen LogP contribution in [0.2, 0.25) is 0 Å². The fourth-order valence-electron chi connectivity index (χ4n) is 3.61. The molecule has 236 valence electrons. The van der Waals surface area contributed by atoms with Crippen LogP contribution in [0.4, 0.5) is 5.82 Å². The van der Waals surface area contributed by atoms with E-state index in [1.165, 1.54) is 31.3 Å². The van der Waals surface area contributed by atoms with Crippen molar-refractivity contribution < 1.29 is 70.3 Å². The van der Waals surface area contributed by atoms with Gasteiger partial charge in [-0.2, -0.15) is 13.6 Å². The first-order chi connectivity index (χ1) is 19.9. The minimum Gasteiger partial charge on any atom is -0.463 e. The molecule has 2 heterocycles. The van der Waals surface area contributed by atoms with Crippen molar-refractivity contribution in [2.24, 2.45) is 0 Å². The average molecular weight is 669 g/mol. The highest BCUT2D eigenvalue weighted by atomic mass is 31.3. The van der Waals surface area contributed by atoms with Gasteiger partial charge in [-0.15, -0.1) is 0 Å². The highest BCUT2D eigenvalue weighted by Gasteiger charge is 2.46. The standard InChI is InChI=1S/C21H26N3O16P3/c1-13(25)7-8-19(26)36-12-16-15(38-42(32,33)40-43(34,35)39-41(29,30)31)11-18(37-16)24-10-9-17(23-21(24)28)22-20(27)14-5-3-2-4-6-14/h2-6,9-10,15-16,18H,7-8,11-12H2,1H3,(H,32,33)(H,34,35)(H2,29,30,31)(H,22,23,27,28)/t15-,16+,18+/m0/s1. The van der Waals surface area contributed by atoms with Crippen LogP contribution < -0.4 is 11.0 Å². The van der Waals surface area contributed by atoms with Crippen molar-refractivity contribution in [2.75, 3.05) is 11.9 Å². The maximum atomic E-state index is 12.8. The van der Waals surface area contributed by atoms with E-state index in [0.29, 0.717) is 5.56 Å². The van der Waals surface area contributed by atoms with E-state index in [9.17, 15) is 42.7 Å². The summed E-state index contributed by atoms with van der Waals surface area (Å²) in [6.07, 6.45) is -4.02. The first-order valence-electron chi connectivity index (χ1n) is 12.0. The summed E-state index contributed by atoms with van der Waals surface area (Å²) >= 11 is 0.